The van der Waals surface area contributed by atoms with E-state index in [1.807, 2.05) is 18.2 Å². The molecule has 127 heavy (non-hydrogen) atoms. The van der Waals surface area contributed by atoms with Gasteiger partial charge >= 0.3 is 59.9 Å². The second-order valence-electron chi connectivity index (χ2n) is 34.7. The lowest BCUT2D eigenvalue weighted by atomic mass is 9.92. The zero-order valence-corrected chi connectivity index (χ0v) is 78.6. The van der Waals surface area contributed by atoms with E-state index in [-0.39, 0.29) is 108 Å². The van der Waals surface area contributed by atoms with Gasteiger partial charge < -0.3 is 103 Å². The molecule has 0 fully saturated rings. The molecule has 0 bridgehead atoms. The number of hydrogen-bond acceptors (Lipinski definition) is 30. The molecule has 17 N–H and O–H groups in total. The van der Waals surface area contributed by atoms with Crippen LogP contribution in [0.15, 0.2) is 30.3 Å². The number of aliphatic hydroxyl groups is 1. The van der Waals surface area contributed by atoms with Crippen molar-refractivity contribution < 1.29 is 105 Å². The Bertz CT molecular complexity index is 2930. The quantitative estimate of drug-likeness (QED) is 0.0166. The van der Waals surface area contributed by atoms with E-state index < -0.39 is 84.1 Å². The predicted molar refractivity (Wildman–Crippen MR) is 493 cm³/mol. The van der Waals surface area contributed by atoms with Crippen molar-refractivity contribution in [1.82, 2.24) is 0 Å². The van der Waals surface area contributed by atoms with Gasteiger partial charge in [-0.3, -0.25) is 43.2 Å². The number of benzene rings is 1. The van der Waals surface area contributed by atoms with Crippen molar-refractivity contribution >= 4 is 59.9 Å². The summed E-state index contributed by atoms with van der Waals surface area (Å²) in [6.45, 7) is 7.41. The monoisotopic (exact) mass is 1810 g/mol. The molecule has 0 radical (unpaired) electrons. The van der Waals surface area contributed by atoms with Crippen LogP contribution in [0.1, 0.15) is 340 Å². The van der Waals surface area contributed by atoms with Gasteiger partial charge in [-0.2, -0.15) is 0 Å². The molecule has 0 amide bonds. The fourth-order valence-corrected chi connectivity index (χ4v) is 15.4. The Morgan fingerprint density at radius 2 is 0.480 bits per heavy atom. The summed E-state index contributed by atoms with van der Waals surface area (Å²) in [4.78, 5) is 136. The van der Waals surface area contributed by atoms with Gasteiger partial charge in [0.05, 0.1) is 100 Å². The molecule has 30 heteroatoms. The number of carbonyl (C=O) groups is 10. The molecular formula is C97H176N8O22. The van der Waals surface area contributed by atoms with Crippen LogP contribution < -0.4 is 45.9 Å². The van der Waals surface area contributed by atoms with E-state index in [0.29, 0.717) is 271 Å². The molecule has 1 aromatic carbocycles. The zero-order chi connectivity index (χ0) is 93.3. The Kier molecular flexibility index (Phi) is 76.9. The van der Waals surface area contributed by atoms with Crippen LogP contribution in [0.25, 0.3) is 0 Å². The Labute approximate surface area is 762 Å². The Balaban J connectivity index is 2.92. The van der Waals surface area contributed by atoms with Gasteiger partial charge in [0.1, 0.15) is 25.2 Å². The van der Waals surface area contributed by atoms with E-state index in [1.54, 1.807) is 12.1 Å². The van der Waals surface area contributed by atoms with Gasteiger partial charge in [0.2, 0.25) is 0 Å². The van der Waals surface area contributed by atoms with Crippen LogP contribution >= 0.6 is 0 Å². The summed E-state index contributed by atoms with van der Waals surface area (Å²) >= 11 is 0. The molecule has 1 rings (SSSR count). The summed E-state index contributed by atoms with van der Waals surface area (Å²) in [6.07, 6.45) is 32.7. The van der Waals surface area contributed by atoms with Gasteiger partial charge in [-0.1, -0.05) is 146 Å². The minimum Gasteiger partial charge on any atom is -0.465 e. The first kappa shape index (κ1) is 118. The van der Waals surface area contributed by atoms with Crippen LogP contribution in [0.4, 0.5) is 4.79 Å². The molecule has 0 heterocycles. The molecule has 1 unspecified atom stereocenters. The highest BCUT2D eigenvalue weighted by Gasteiger charge is 2.40. The van der Waals surface area contributed by atoms with E-state index in [0.717, 1.165) is 69.8 Å². The largest absolute Gasteiger partial charge is 0.508 e. The van der Waals surface area contributed by atoms with Crippen LogP contribution in [0.3, 0.4) is 0 Å². The van der Waals surface area contributed by atoms with Crippen LogP contribution in [0.5, 0.6) is 0 Å². The predicted octanol–water partition coefficient (Wildman–Crippen LogP) is 14.4. The van der Waals surface area contributed by atoms with Gasteiger partial charge in [-0.15, -0.1) is 0 Å². The first-order valence-electron chi connectivity index (χ1n) is 49.3. The summed E-state index contributed by atoms with van der Waals surface area (Å²) in [5.74, 6) is -7.42. The molecule has 736 valence electrons. The number of rotatable bonds is 89. The van der Waals surface area contributed by atoms with E-state index >= 15 is 0 Å². The second kappa shape index (κ2) is 82.5. The number of aliphatic hydroxyl groups excluding tert-OH is 1. The minimum atomic E-state index is -1.55. The van der Waals surface area contributed by atoms with Crippen molar-refractivity contribution in [3.05, 3.63) is 35.9 Å². The normalized spacial score (nSPS) is 13.8. The fourth-order valence-electron chi connectivity index (χ4n) is 15.4. The zero-order valence-electron chi connectivity index (χ0n) is 78.6. The third kappa shape index (κ3) is 62.4. The summed E-state index contributed by atoms with van der Waals surface area (Å²) in [7, 11) is 0. The van der Waals surface area contributed by atoms with Crippen molar-refractivity contribution in [2.45, 2.75) is 341 Å². The summed E-state index contributed by atoms with van der Waals surface area (Å²) in [5, 5.41) is 9.36. The lowest BCUT2D eigenvalue weighted by molar-refractivity contribution is -0.168. The fraction of sp³-hybridized carbons (Fsp3) is 0.835. The van der Waals surface area contributed by atoms with E-state index in [4.69, 9.17) is 98.0 Å². The molecule has 9 atom stereocenters. The third-order valence-corrected chi connectivity index (χ3v) is 23.5. The number of unbranched alkanes of at least 4 members (excludes halogenated alkanes) is 17. The summed E-state index contributed by atoms with van der Waals surface area (Å²) < 4.78 is 63.2. The highest BCUT2D eigenvalue weighted by molar-refractivity contribution is 5.79. The first-order chi connectivity index (χ1) is 61.8. The number of esters is 9. The van der Waals surface area contributed by atoms with Crippen molar-refractivity contribution in [2.24, 2.45) is 98.6 Å². The standard InChI is InChI=1S/C97H176N8O22/c1-3-4-5-6-7-8-9-10-11-31-67-124-95(115)97(2,77-127-96(116)125-75-78-40-13-12-14-41-78)76-126-94(114)86(49-22-30-65-105)57-39-74-123-93(113)85(48-21-29-64-104)56-38-73-122-92(112)84(47-20-28-63-103)55-37-72-121-91(111)83(46-19-27-62-102)54-36-71-120-90(110)82(45-18-26-61-101)53-35-70-119-89(109)81(44-17-25-60-100)52-34-69-118-88(108)80(43-16-24-59-99)51-33-68-117-87(107)79(50-32-66-106)42-15-23-58-98/h12-14,40-41,79-86,106H,3-11,15-39,42-77,98-105H2,1-2H3/t79-,80-,81-,82-,83-,84-,85-,86-,97?/m1/s1. The smallest absolute Gasteiger partial charge is 0.465 e. The summed E-state index contributed by atoms with van der Waals surface area (Å²) in [6, 6.07) is 9.09. The van der Waals surface area contributed by atoms with Crippen LogP contribution in [0, 0.1) is 52.8 Å². The molecule has 0 aromatic heterocycles. The lowest BCUT2D eigenvalue weighted by Crippen LogP contribution is -2.41. The Morgan fingerprint density at radius 1 is 0.260 bits per heavy atom. The van der Waals surface area contributed by atoms with Gasteiger partial charge in [0.25, 0.3) is 0 Å². The van der Waals surface area contributed by atoms with E-state index in [9.17, 15) is 53.1 Å². The van der Waals surface area contributed by atoms with Crippen molar-refractivity contribution in [2.75, 3.05) is 125 Å². The van der Waals surface area contributed by atoms with Crippen molar-refractivity contribution in [3.8, 4) is 0 Å². The SMILES string of the molecule is CCCCCCCCCCCCOC(=O)C(C)(COC(=O)OCc1ccccc1)COC(=O)[C@H](CCCCN)CCCOC(=O)[C@H](CCCCN)CCCOC(=O)[C@H](CCCCN)CCCOC(=O)[C@H](CCCCN)CCCOC(=O)[C@H](CCCCN)CCCOC(=O)[C@H](CCCCN)CCCOC(=O)[C@H](CCCCN)CCCOC(=O)[C@@H](CCCO)CCCCN. The average molecular weight is 1810 g/mol. The molecule has 0 saturated carbocycles. The maximum atomic E-state index is 14.0. The summed E-state index contributed by atoms with van der Waals surface area (Å²) in [5.41, 5.74) is 45.7. The number of nitrogens with two attached hydrogens (primary N) is 8. The van der Waals surface area contributed by atoms with Crippen molar-refractivity contribution in [3.63, 3.8) is 0 Å². The van der Waals surface area contributed by atoms with Gasteiger partial charge in [0.15, 0.2) is 0 Å². The van der Waals surface area contributed by atoms with Crippen LogP contribution in [0.2, 0.25) is 0 Å². The molecule has 1 aromatic rings. The number of hydrogen-bond donors (Lipinski definition) is 9. The molecule has 0 saturated heterocycles. The van der Waals surface area contributed by atoms with E-state index in [1.165, 1.54) is 45.4 Å². The van der Waals surface area contributed by atoms with Gasteiger partial charge in [-0.05, 0) is 277 Å². The Morgan fingerprint density at radius 3 is 0.732 bits per heavy atom. The van der Waals surface area contributed by atoms with Crippen molar-refractivity contribution in [1.29, 1.82) is 0 Å². The lowest BCUT2D eigenvalue weighted by Gasteiger charge is -2.27. The number of carbonyl (C=O) groups excluding carboxylic acids is 10. The Hall–Kier alpha value is -6.64. The topological polar surface area (TPSA) is 501 Å². The minimum absolute atomic E-state index is 0.00347. The highest BCUT2D eigenvalue weighted by Crippen LogP contribution is 2.29. The van der Waals surface area contributed by atoms with Gasteiger partial charge in [-0.25, -0.2) is 4.79 Å². The number of ether oxygens (including phenoxy) is 11. The van der Waals surface area contributed by atoms with Crippen LogP contribution in [-0.2, 0) is 102 Å². The first-order valence-corrected chi connectivity index (χ1v) is 49.3. The maximum absolute atomic E-state index is 14.0. The van der Waals surface area contributed by atoms with Crippen LogP contribution in [-0.4, -0.2) is 190 Å². The third-order valence-electron chi connectivity index (χ3n) is 23.5. The molecule has 0 spiro atoms. The molecule has 0 aliphatic heterocycles. The maximum Gasteiger partial charge on any atom is 0.508 e. The molecule has 0 aliphatic rings. The van der Waals surface area contributed by atoms with Gasteiger partial charge in [0, 0.05) is 6.61 Å². The highest BCUT2D eigenvalue weighted by atomic mass is 16.7. The van der Waals surface area contributed by atoms with E-state index in [2.05, 4.69) is 6.92 Å². The molecule has 30 nitrogen and oxygen atoms in total. The second-order valence-corrected chi connectivity index (χ2v) is 34.7. The average Bonchev–Trinajstić information content (AvgIpc) is 0.843. The molecule has 0 aliphatic carbocycles. The molecular weight excluding hydrogens is 1630 g/mol.